The molecule has 2 aliphatic heterocycles. The highest BCUT2D eigenvalue weighted by atomic mass is 16.6. The Morgan fingerprint density at radius 3 is 3.00 bits per heavy atom. The molecule has 1 aromatic heterocycles. The van der Waals surface area contributed by atoms with E-state index in [9.17, 15) is 0 Å². The largest absolute Gasteiger partial charge is 0.376 e. The molecule has 18 heavy (non-hydrogen) atoms. The standard InChI is InChI=1S/C12H16N4O2/c13-3-10-4-14-16(5-10)11-6-15(7-11)8-12-9-17-1-2-18-12/h4-5,11-12H,1-2,6-9H2. The van der Waals surface area contributed by atoms with Gasteiger partial charge in [0.15, 0.2) is 0 Å². The second-order valence-electron chi connectivity index (χ2n) is 4.76. The fourth-order valence-electron chi connectivity index (χ4n) is 2.38. The van der Waals surface area contributed by atoms with Crippen molar-refractivity contribution >= 4 is 0 Å². The quantitative estimate of drug-likeness (QED) is 0.755. The Labute approximate surface area is 106 Å². The zero-order chi connectivity index (χ0) is 12.4. The molecule has 3 heterocycles. The Morgan fingerprint density at radius 2 is 2.33 bits per heavy atom. The average Bonchev–Trinajstić information content (AvgIpc) is 2.83. The second kappa shape index (κ2) is 5.06. The first-order valence-electron chi connectivity index (χ1n) is 6.21. The molecule has 3 rings (SSSR count). The average molecular weight is 248 g/mol. The molecule has 0 saturated carbocycles. The van der Waals surface area contributed by atoms with Gasteiger partial charge in [-0.2, -0.15) is 10.4 Å². The predicted octanol–water partition coefficient (Wildman–Crippen LogP) is 0.0269. The van der Waals surface area contributed by atoms with Crippen LogP contribution >= 0.6 is 0 Å². The molecule has 96 valence electrons. The molecule has 2 saturated heterocycles. The van der Waals surface area contributed by atoms with Gasteiger partial charge in [0.25, 0.3) is 0 Å². The molecule has 0 bridgehead atoms. The number of hydrogen-bond donors (Lipinski definition) is 0. The molecule has 1 unspecified atom stereocenters. The Balaban J connectivity index is 1.46. The van der Waals surface area contributed by atoms with Crippen LogP contribution in [0.4, 0.5) is 0 Å². The summed E-state index contributed by atoms with van der Waals surface area (Å²) >= 11 is 0. The molecule has 0 spiro atoms. The van der Waals surface area contributed by atoms with Gasteiger partial charge in [-0.3, -0.25) is 9.58 Å². The van der Waals surface area contributed by atoms with E-state index in [0.29, 0.717) is 31.4 Å². The molecule has 2 fully saturated rings. The van der Waals surface area contributed by atoms with E-state index in [2.05, 4.69) is 16.1 Å². The molecule has 6 nitrogen and oxygen atoms in total. The number of hydrogen-bond acceptors (Lipinski definition) is 5. The van der Waals surface area contributed by atoms with Crippen LogP contribution in [-0.4, -0.2) is 60.2 Å². The Kier molecular flexibility index (Phi) is 3.28. The second-order valence-corrected chi connectivity index (χ2v) is 4.76. The topological polar surface area (TPSA) is 63.3 Å². The maximum absolute atomic E-state index is 8.75. The fourth-order valence-corrected chi connectivity index (χ4v) is 2.38. The Bertz CT molecular complexity index is 441. The van der Waals surface area contributed by atoms with Crippen molar-refractivity contribution in [3.05, 3.63) is 18.0 Å². The van der Waals surface area contributed by atoms with Crippen molar-refractivity contribution in [2.75, 3.05) is 39.5 Å². The van der Waals surface area contributed by atoms with Gasteiger partial charge in [0.2, 0.25) is 0 Å². The number of aromatic nitrogens is 2. The smallest absolute Gasteiger partial charge is 0.102 e. The van der Waals surface area contributed by atoms with Gasteiger partial charge in [0, 0.05) is 25.8 Å². The Morgan fingerprint density at radius 1 is 1.44 bits per heavy atom. The lowest BCUT2D eigenvalue weighted by Gasteiger charge is -2.41. The van der Waals surface area contributed by atoms with Gasteiger partial charge in [-0.15, -0.1) is 0 Å². The van der Waals surface area contributed by atoms with Crippen LogP contribution in [0.5, 0.6) is 0 Å². The lowest BCUT2D eigenvalue weighted by molar-refractivity contribution is -0.106. The van der Waals surface area contributed by atoms with Crippen molar-refractivity contribution in [2.24, 2.45) is 0 Å². The first-order chi connectivity index (χ1) is 8.85. The molecule has 0 aromatic carbocycles. The van der Waals surface area contributed by atoms with Crippen LogP contribution in [-0.2, 0) is 9.47 Å². The summed E-state index contributed by atoms with van der Waals surface area (Å²) in [6.07, 6.45) is 3.62. The van der Waals surface area contributed by atoms with Gasteiger partial charge in [-0.25, -0.2) is 0 Å². The van der Waals surface area contributed by atoms with Crippen molar-refractivity contribution in [3.8, 4) is 6.07 Å². The molecule has 0 aliphatic carbocycles. The van der Waals surface area contributed by atoms with Crippen molar-refractivity contribution in [1.29, 1.82) is 5.26 Å². The molecule has 0 amide bonds. The van der Waals surface area contributed by atoms with Gasteiger partial charge < -0.3 is 9.47 Å². The first-order valence-corrected chi connectivity index (χ1v) is 6.21. The fraction of sp³-hybridized carbons (Fsp3) is 0.667. The third-order valence-corrected chi connectivity index (χ3v) is 3.39. The first kappa shape index (κ1) is 11.7. The minimum atomic E-state index is 0.201. The van der Waals surface area contributed by atoms with Crippen molar-refractivity contribution in [2.45, 2.75) is 12.1 Å². The molecule has 2 aliphatic rings. The number of nitriles is 1. The van der Waals surface area contributed by atoms with Crippen LogP contribution in [0.2, 0.25) is 0 Å². The van der Waals surface area contributed by atoms with Crippen LogP contribution < -0.4 is 0 Å². The van der Waals surface area contributed by atoms with Crippen LogP contribution in [0.25, 0.3) is 0 Å². The normalized spacial score (nSPS) is 25.6. The summed E-state index contributed by atoms with van der Waals surface area (Å²) in [6, 6.07) is 2.48. The minimum Gasteiger partial charge on any atom is -0.376 e. The molecule has 0 N–H and O–H groups in total. The number of ether oxygens (including phenoxy) is 2. The van der Waals surface area contributed by atoms with Crippen molar-refractivity contribution < 1.29 is 9.47 Å². The zero-order valence-electron chi connectivity index (χ0n) is 10.2. The van der Waals surface area contributed by atoms with Crippen LogP contribution in [0.3, 0.4) is 0 Å². The Hall–Kier alpha value is -1.42. The lowest BCUT2D eigenvalue weighted by atomic mass is 10.1. The van der Waals surface area contributed by atoms with Crippen molar-refractivity contribution in [3.63, 3.8) is 0 Å². The summed E-state index contributed by atoms with van der Waals surface area (Å²) in [6.45, 7) is 4.96. The molecule has 6 heteroatoms. The van der Waals surface area contributed by atoms with Gasteiger partial charge >= 0.3 is 0 Å². The van der Waals surface area contributed by atoms with E-state index < -0.39 is 0 Å². The summed E-state index contributed by atoms with van der Waals surface area (Å²) in [5, 5.41) is 12.9. The number of rotatable bonds is 3. The third kappa shape index (κ3) is 2.38. The highest BCUT2D eigenvalue weighted by Crippen LogP contribution is 2.21. The minimum absolute atomic E-state index is 0.201. The molecule has 1 atom stereocenters. The van der Waals surface area contributed by atoms with Gasteiger partial charge in [-0.1, -0.05) is 0 Å². The summed E-state index contributed by atoms with van der Waals surface area (Å²) in [5.41, 5.74) is 0.623. The van der Waals surface area contributed by atoms with E-state index in [1.54, 1.807) is 6.20 Å². The van der Waals surface area contributed by atoms with Gasteiger partial charge in [0.1, 0.15) is 6.07 Å². The number of nitrogens with zero attached hydrogens (tertiary/aromatic N) is 4. The summed E-state index contributed by atoms with van der Waals surface area (Å²) in [5.74, 6) is 0. The van der Waals surface area contributed by atoms with Crippen LogP contribution in [0.15, 0.2) is 12.4 Å². The van der Waals surface area contributed by atoms with Crippen LogP contribution in [0, 0.1) is 11.3 Å². The van der Waals surface area contributed by atoms with Gasteiger partial charge in [-0.05, 0) is 0 Å². The predicted molar refractivity (Wildman–Crippen MR) is 63.0 cm³/mol. The van der Waals surface area contributed by atoms with E-state index in [4.69, 9.17) is 14.7 Å². The van der Waals surface area contributed by atoms with Gasteiger partial charge in [0.05, 0.1) is 43.7 Å². The zero-order valence-corrected chi connectivity index (χ0v) is 10.2. The summed E-state index contributed by atoms with van der Waals surface area (Å²) in [4.78, 5) is 2.33. The molecular weight excluding hydrogens is 232 g/mol. The molecule has 1 aromatic rings. The molecular formula is C12H16N4O2. The highest BCUT2D eigenvalue weighted by Gasteiger charge is 2.31. The van der Waals surface area contributed by atoms with E-state index in [1.165, 1.54) is 0 Å². The third-order valence-electron chi connectivity index (χ3n) is 3.39. The van der Waals surface area contributed by atoms with Crippen LogP contribution in [0.1, 0.15) is 11.6 Å². The molecule has 0 radical (unpaired) electrons. The van der Waals surface area contributed by atoms with E-state index in [1.807, 2.05) is 10.9 Å². The maximum atomic E-state index is 8.75. The number of likely N-dealkylation sites (tertiary alicyclic amines) is 1. The SMILES string of the molecule is N#Cc1cnn(C2CN(CC3COCCO3)C2)c1. The van der Waals surface area contributed by atoms with E-state index in [0.717, 1.165) is 19.6 Å². The summed E-state index contributed by atoms with van der Waals surface area (Å²) in [7, 11) is 0. The summed E-state index contributed by atoms with van der Waals surface area (Å²) < 4.78 is 12.9. The maximum Gasteiger partial charge on any atom is 0.102 e. The highest BCUT2D eigenvalue weighted by molar-refractivity contribution is 5.22. The lowest BCUT2D eigenvalue weighted by Crippen LogP contribution is -2.52. The van der Waals surface area contributed by atoms with E-state index in [-0.39, 0.29) is 6.10 Å². The van der Waals surface area contributed by atoms with E-state index >= 15 is 0 Å². The van der Waals surface area contributed by atoms with Crippen molar-refractivity contribution in [1.82, 2.24) is 14.7 Å². The monoisotopic (exact) mass is 248 g/mol.